The van der Waals surface area contributed by atoms with Gasteiger partial charge in [-0.15, -0.1) is 0 Å². The number of benzene rings is 2. The molecule has 1 aliphatic heterocycles. The van der Waals surface area contributed by atoms with Crippen LogP contribution in [-0.4, -0.2) is 24.3 Å². The highest BCUT2D eigenvalue weighted by molar-refractivity contribution is 6.35. The van der Waals surface area contributed by atoms with Gasteiger partial charge in [0.15, 0.2) is 0 Å². The summed E-state index contributed by atoms with van der Waals surface area (Å²) in [7, 11) is 0. The van der Waals surface area contributed by atoms with Crippen molar-refractivity contribution in [2.75, 3.05) is 11.6 Å². The summed E-state index contributed by atoms with van der Waals surface area (Å²) >= 11 is 11.9. The first kappa shape index (κ1) is 19.2. The first-order valence-electron chi connectivity index (χ1n) is 8.36. The molecule has 27 heavy (non-hydrogen) atoms. The summed E-state index contributed by atoms with van der Waals surface area (Å²) in [5, 5.41) is 9.10. The summed E-state index contributed by atoms with van der Waals surface area (Å²) in [5.41, 5.74) is 0.667. The van der Waals surface area contributed by atoms with Crippen molar-refractivity contribution in [3.63, 3.8) is 0 Å². The number of halogens is 2. The first-order chi connectivity index (χ1) is 13.0. The lowest BCUT2D eigenvalue weighted by molar-refractivity contribution is -0.119. The Kier molecular flexibility index (Phi) is 6.32. The second kappa shape index (κ2) is 8.88. The van der Waals surface area contributed by atoms with Crippen molar-refractivity contribution in [1.29, 1.82) is 0 Å². The number of amidine groups is 1. The maximum atomic E-state index is 12.1. The van der Waals surface area contributed by atoms with Gasteiger partial charge in [-0.1, -0.05) is 41.4 Å². The molecule has 6 nitrogen and oxygen atoms in total. The first-order valence-corrected chi connectivity index (χ1v) is 9.12. The Balaban J connectivity index is 1.45. The normalized spacial score (nSPS) is 13.5. The van der Waals surface area contributed by atoms with E-state index >= 15 is 0 Å². The van der Waals surface area contributed by atoms with E-state index in [0.717, 1.165) is 0 Å². The third-order valence-electron chi connectivity index (χ3n) is 3.76. The molecular formula is C19H17Cl2N3O3. The smallest absolute Gasteiger partial charge is 0.255 e. The molecule has 0 aliphatic carbocycles. The topological polar surface area (TPSA) is 71.0 Å². The Hall–Kier alpha value is -2.57. The average Bonchev–Trinajstić information content (AvgIpc) is 3.01. The molecule has 2 aromatic rings. The highest BCUT2D eigenvalue weighted by Gasteiger charge is 2.26. The van der Waals surface area contributed by atoms with Gasteiger partial charge in [-0.2, -0.15) is 10.1 Å². The average molecular weight is 406 g/mol. The molecule has 3 rings (SSSR count). The number of nitrogens with zero attached hydrogens (tertiary/aromatic N) is 2. The van der Waals surface area contributed by atoms with Gasteiger partial charge in [0.05, 0.1) is 23.7 Å². The molecule has 0 bridgehead atoms. The van der Waals surface area contributed by atoms with Crippen molar-refractivity contribution in [1.82, 2.24) is 5.32 Å². The van der Waals surface area contributed by atoms with Gasteiger partial charge in [-0.05, 0) is 36.8 Å². The minimum atomic E-state index is -0.220. The van der Waals surface area contributed by atoms with Gasteiger partial charge in [0.25, 0.3) is 5.91 Å². The number of rotatable bonds is 6. The molecule has 0 saturated heterocycles. The van der Waals surface area contributed by atoms with Gasteiger partial charge < -0.3 is 10.1 Å². The summed E-state index contributed by atoms with van der Waals surface area (Å²) in [6.07, 6.45) is 0.801. The molecule has 0 fully saturated rings. The van der Waals surface area contributed by atoms with Crippen LogP contribution < -0.4 is 15.1 Å². The standard InChI is InChI=1S/C19H17Cl2N3O3/c20-13-8-9-16(15(21)11-13)27-10-4-7-18(25)22-17-12-19(26)24(23-17)14-5-2-1-3-6-14/h1-3,5-6,8-9,11H,4,7,10,12H2,(H,22,23,25). The van der Waals surface area contributed by atoms with E-state index in [1.54, 1.807) is 30.3 Å². The zero-order valence-corrected chi connectivity index (χ0v) is 15.8. The summed E-state index contributed by atoms with van der Waals surface area (Å²) in [6.45, 7) is 0.330. The molecule has 0 spiro atoms. The molecule has 0 atom stereocenters. The molecule has 2 amide bonds. The number of carbonyl (C=O) groups excluding carboxylic acids is 2. The van der Waals surface area contributed by atoms with Crippen LogP contribution in [0.1, 0.15) is 19.3 Å². The van der Waals surface area contributed by atoms with Crippen molar-refractivity contribution in [3.05, 3.63) is 58.6 Å². The van der Waals surface area contributed by atoms with Crippen LogP contribution in [-0.2, 0) is 9.59 Å². The van der Waals surface area contributed by atoms with Crippen molar-refractivity contribution < 1.29 is 14.3 Å². The van der Waals surface area contributed by atoms with Crippen LogP contribution in [0.4, 0.5) is 5.69 Å². The molecule has 8 heteroatoms. The maximum absolute atomic E-state index is 12.1. The Morgan fingerprint density at radius 2 is 1.96 bits per heavy atom. The van der Waals surface area contributed by atoms with Gasteiger partial charge in [0, 0.05) is 11.4 Å². The fourth-order valence-electron chi connectivity index (χ4n) is 2.50. The minimum absolute atomic E-state index is 0.0670. The van der Waals surface area contributed by atoms with Gasteiger partial charge in [0.2, 0.25) is 5.91 Å². The highest BCUT2D eigenvalue weighted by atomic mass is 35.5. The minimum Gasteiger partial charge on any atom is -0.492 e. The van der Waals surface area contributed by atoms with E-state index in [1.807, 2.05) is 18.2 Å². The second-order valence-electron chi connectivity index (χ2n) is 5.84. The van der Waals surface area contributed by atoms with Crippen molar-refractivity contribution in [2.24, 2.45) is 5.10 Å². The van der Waals surface area contributed by atoms with Crippen LogP contribution in [0.2, 0.25) is 10.0 Å². The maximum Gasteiger partial charge on any atom is 0.255 e. The van der Waals surface area contributed by atoms with Crippen LogP contribution in [0.15, 0.2) is 53.6 Å². The third kappa shape index (κ3) is 5.21. The quantitative estimate of drug-likeness (QED) is 0.737. The zero-order chi connectivity index (χ0) is 19.2. The fraction of sp³-hybridized carbons (Fsp3) is 0.211. The molecule has 1 aliphatic rings. The number of anilines is 1. The summed E-state index contributed by atoms with van der Waals surface area (Å²) < 4.78 is 5.54. The van der Waals surface area contributed by atoms with Crippen LogP contribution in [0.25, 0.3) is 0 Å². The fourth-order valence-corrected chi connectivity index (χ4v) is 2.96. The Bertz CT molecular complexity index is 872. The van der Waals surface area contributed by atoms with E-state index in [0.29, 0.717) is 40.3 Å². The summed E-state index contributed by atoms with van der Waals surface area (Å²) in [4.78, 5) is 24.1. The van der Waals surface area contributed by atoms with Crippen molar-refractivity contribution >= 4 is 46.5 Å². The van der Waals surface area contributed by atoms with Gasteiger partial charge in [-0.25, -0.2) is 0 Å². The number of amides is 2. The van der Waals surface area contributed by atoms with E-state index in [9.17, 15) is 9.59 Å². The largest absolute Gasteiger partial charge is 0.492 e. The van der Waals surface area contributed by atoms with E-state index in [1.165, 1.54) is 5.01 Å². The summed E-state index contributed by atoms with van der Waals surface area (Å²) in [6, 6.07) is 14.0. The molecule has 0 saturated carbocycles. The summed E-state index contributed by atoms with van der Waals surface area (Å²) in [5.74, 6) is 0.459. The molecule has 0 radical (unpaired) electrons. The van der Waals surface area contributed by atoms with Gasteiger partial charge >= 0.3 is 0 Å². The van der Waals surface area contributed by atoms with Crippen LogP contribution in [0, 0.1) is 0 Å². The van der Waals surface area contributed by atoms with E-state index in [2.05, 4.69) is 10.4 Å². The Morgan fingerprint density at radius 3 is 2.70 bits per heavy atom. The lowest BCUT2D eigenvalue weighted by Gasteiger charge is -2.10. The molecular weight excluding hydrogens is 389 g/mol. The zero-order valence-electron chi connectivity index (χ0n) is 14.3. The lowest BCUT2D eigenvalue weighted by Crippen LogP contribution is -2.29. The van der Waals surface area contributed by atoms with E-state index in [-0.39, 0.29) is 24.7 Å². The lowest BCUT2D eigenvalue weighted by atomic mass is 10.3. The number of carbonyl (C=O) groups is 2. The molecule has 2 aromatic carbocycles. The highest BCUT2D eigenvalue weighted by Crippen LogP contribution is 2.27. The van der Waals surface area contributed by atoms with Gasteiger partial charge in [0.1, 0.15) is 11.6 Å². The number of hydrogen-bond acceptors (Lipinski definition) is 4. The van der Waals surface area contributed by atoms with Gasteiger partial charge in [-0.3, -0.25) is 9.59 Å². The predicted molar refractivity (Wildman–Crippen MR) is 105 cm³/mol. The SMILES string of the molecule is O=C(CCCOc1ccc(Cl)cc1Cl)NC1=NN(c2ccccc2)C(=O)C1. The van der Waals surface area contributed by atoms with E-state index < -0.39 is 0 Å². The number of nitrogens with one attached hydrogen (secondary N) is 1. The van der Waals surface area contributed by atoms with Crippen LogP contribution in [0.5, 0.6) is 5.75 Å². The Morgan fingerprint density at radius 1 is 1.19 bits per heavy atom. The third-order valence-corrected chi connectivity index (χ3v) is 4.29. The number of ether oxygens (including phenoxy) is 1. The second-order valence-corrected chi connectivity index (χ2v) is 6.68. The van der Waals surface area contributed by atoms with E-state index in [4.69, 9.17) is 27.9 Å². The molecule has 0 unspecified atom stereocenters. The molecule has 1 heterocycles. The monoisotopic (exact) mass is 405 g/mol. The predicted octanol–water partition coefficient (Wildman–Crippen LogP) is 4.02. The molecule has 1 N–H and O–H groups in total. The number of para-hydroxylation sites is 1. The number of hydrazone groups is 1. The molecule has 140 valence electrons. The molecule has 0 aromatic heterocycles. The van der Waals surface area contributed by atoms with Crippen molar-refractivity contribution in [3.8, 4) is 5.75 Å². The van der Waals surface area contributed by atoms with Crippen LogP contribution in [0.3, 0.4) is 0 Å². The number of hydrogen-bond donors (Lipinski definition) is 1. The van der Waals surface area contributed by atoms with Crippen molar-refractivity contribution in [2.45, 2.75) is 19.3 Å². The Labute approximate surface area is 166 Å². The van der Waals surface area contributed by atoms with Crippen LogP contribution >= 0.6 is 23.2 Å².